The number of amides is 1. The van der Waals surface area contributed by atoms with E-state index in [-0.39, 0.29) is 12.7 Å². The summed E-state index contributed by atoms with van der Waals surface area (Å²) in [5.41, 5.74) is 1.89. The molecule has 0 fully saturated rings. The van der Waals surface area contributed by atoms with Gasteiger partial charge in [-0.2, -0.15) is 4.68 Å². The van der Waals surface area contributed by atoms with Gasteiger partial charge in [0.25, 0.3) is 0 Å². The summed E-state index contributed by atoms with van der Waals surface area (Å²) in [6.45, 7) is 1.90. The average molecular weight is 414 g/mol. The Labute approximate surface area is 170 Å². The summed E-state index contributed by atoms with van der Waals surface area (Å²) in [6.07, 6.45) is 3.04. The highest BCUT2D eigenvalue weighted by Crippen LogP contribution is 2.40. The van der Waals surface area contributed by atoms with Gasteiger partial charge < -0.3 is 19.5 Å². The van der Waals surface area contributed by atoms with Gasteiger partial charge in [0.2, 0.25) is 12.7 Å². The fourth-order valence-electron chi connectivity index (χ4n) is 2.83. The Morgan fingerprint density at radius 2 is 2.17 bits per heavy atom. The number of ether oxygens (including phenoxy) is 3. The van der Waals surface area contributed by atoms with Crippen molar-refractivity contribution in [1.82, 2.24) is 20.2 Å². The van der Waals surface area contributed by atoms with Gasteiger partial charge in [-0.15, -0.1) is 5.10 Å². The number of aromatic nitrogens is 4. The van der Waals surface area contributed by atoms with Gasteiger partial charge in [-0.25, -0.2) is 0 Å². The number of methoxy groups -OCH3 is 1. The molecular weight excluding hydrogens is 398 g/mol. The van der Waals surface area contributed by atoms with E-state index in [2.05, 4.69) is 20.8 Å². The van der Waals surface area contributed by atoms with Gasteiger partial charge in [0.15, 0.2) is 17.3 Å². The van der Waals surface area contributed by atoms with E-state index in [4.69, 9.17) is 25.8 Å². The molecule has 0 saturated carbocycles. The third-order valence-electron chi connectivity index (χ3n) is 4.18. The second kappa shape index (κ2) is 7.80. The standard InChI is InChI=1S/C19H16ClN5O4/c1-11-22-23-24-25(11)15-9-13(4-5-16(15)27-2)21-18(26)6-3-12-7-14(20)19-17(8-12)28-10-29-19/h3-9H,10H2,1-2H3,(H,21,26)/b6-3+. The van der Waals surface area contributed by atoms with Crippen molar-refractivity contribution in [3.05, 3.63) is 52.8 Å². The predicted octanol–water partition coefficient (Wildman–Crippen LogP) is 3.01. The summed E-state index contributed by atoms with van der Waals surface area (Å²) in [4.78, 5) is 12.4. The lowest BCUT2D eigenvalue weighted by Gasteiger charge is -2.11. The van der Waals surface area contributed by atoms with Crippen LogP contribution in [0.3, 0.4) is 0 Å². The number of hydrogen-bond donors (Lipinski definition) is 1. The van der Waals surface area contributed by atoms with Crippen molar-refractivity contribution in [2.45, 2.75) is 6.92 Å². The van der Waals surface area contributed by atoms with Crippen LogP contribution in [0.25, 0.3) is 11.8 Å². The SMILES string of the molecule is COc1ccc(NC(=O)/C=C/c2cc(Cl)c3c(c2)OCO3)cc1-n1nnnc1C. The maximum atomic E-state index is 12.4. The first kappa shape index (κ1) is 18.8. The molecule has 9 nitrogen and oxygen atoms in total. The van der Waals surface area contributed by atoms with E-state index in [1.54, 1.807) is 50.4 Å². The minimum atomic E-state index is -0.316. The molecule has 4 rings (SSSR count). The number of benzene rings is 2. The lowest BCUT2D eigenvalue weighted by atomic mass is 10.2. The first-order valence-electron chi connectivity index (χ1n) is 8.57. The highest BCUT2D eigenvalue weighted by molar-refractivity contribution is 6.32. The Hall–Kier alpha value is -3.59. The number of hydrogen-bond acceptors (Lipinski definition) is 7. The van der Waals surface area contributed by atoms with Crippen LogP contribution >= 0.6 is 11.6 Å². The van der Waals surface area contributed by atoms with Crippen molar-refractivity contribution in [2.24, 2.45) is 0 Å². The quantitative estimate of drug-likeness (QED) is 0.641. The number of tetrazole rings is 1. The highest BCUT2D eigenvalue weighted by Gasteiger charge is 2.17. The van der Waals surface area contributed by atoms with Gasteiger partial charge in [0, 0.05) is 11.8 Å². The Morgan fingerprint density at radius 1 is 1.31 bits per heavy atom. The molecule has 0 radical (unpaired) electrons. The van der Waals surface area contributed by atoms with Crippen LogP contribution in [-0.2, 0) is 4.79 Å². The molecule has 0 bridgehead atoms. The normalized spacial score (nSPS) is 12.4. The van der Waals surface area contributed by atoms with Crippen molar-refractivity contribution in [3.63, 3.8) is 0 Å². The molecule has 3 aromatic rings. The van der Waals surface area contributed by atoms with Crippen LogP contribution in [0.2, 0.25) is 5.02 Å². The Morgan fingerprint density at radius 3 is 2.93 bits per heavy atom. The summed E-state index contributed by atoms with van der Waals surface area (Å²) in [5.74, 6) is 1.91. The molecule has 29 heavy (non-hydrogen) atoms. The molecule has 0 saturated heterocycles. The third-order valence-corrected chi connectivity index (χ3v) is 4.46. The lowest BCUT2D eigenvalue weighted by molar-refractivity contribution is -0.111. The Balaban J connectivity index is 1.52. The molecule has 1 amide bonds. The molecular formula is C19H16ClN5O4. The molecule has 1 aliphatic heterocycles. The summed E-state index contributed by atoms with van der Waals surface area (Å²) in [5, 5.41) is 14.7. The topological polar surface area (TPSA) is 100 Å². The first-order chi connectivity index (χ1) is 14.0. The van der Waals surface area contributed by atoms with Crippen LogP contribution in [0.1, 0.15) is 11.4 Å². The molecule has 0 aliphatic carbocycles. The molecule has 0 unspecified atom stereocenters. The number of halogens is 1. The molecule has 10 heteroatoms. The summed E-state index contributed by atoms with van der Waals surface area (Å²) in [7, 11) is 1.55. The molecule has 1 aliphatic rings. The van der Waals surface area contributed by atoms with Crippen LogP contribution in [0.5, 0.6) is 17.2 Å². The minimum absolute atomic E-state index is 0.128. The summed E-state index contributed by atoms with van der Waals surface area (Å²) in [6, 6.07) is 8.64. The van der Waals surface area contributed by atoms with E-state index in [9.17, 15) is 4.79 Å². The predicted molar refractivity (Wildman–Crippen MR) is 106 cm³/mol. The van der Waals surface area contributed by atoms with Gasteiger partial charge >= 0.3 is 0 Å². The van der Waals surface area contributed by atoms with E-state index in [1.807, 2.05) is 0 Å². The number of carbonyl (C=O) groups is 1. The third kappa shape index (κ3) is 3.85. The fraction of sp³-hybridized carbons (Fsp3) is 0.158. The molecule has 0 atom stereocenters. The number of nitrogens with one attached hydrogen (secondary N) is 1. The van der Waals surface area contributed by atoms with E-state index >= 15 is 0 Å². The van der Waals surface area contributed by atoms with Gasteiger partial charge in [0.05, 0.1) is 12.1 Å². The Kier molecular flexibility index (Phi) is 5.05. The maximum Gasteiger partial charge on any atom is 0.248 e. The largest absolute Gasteiger partial charge is 0.494 e. The summed E-state index contributed by atoms with van der Waals surface area (Å²) < 4.78 is 17.5. The van der Waals surface area contributed by atoms with Gasteiger partial charge in [0.1, 0.15) is 11.4 Å². The van der Waals surface area contributed by atoms with Crippen molar-refractivity contribution in [3.8, 4) is 22.9 Å². The van der Waals surface area contributed by atoms with E-state index in [0.717, 1.165) is 0 Å². The van der Waals surface area contributed by atoms with Crippen molar-refractivity contribution >= 4 is 29.3 Å². The maximum absolute atomic E-state index is 12.4. The summed E-state index contributed by atoms with van der Waals surface area (Å²) >= 11 is 6.16. The number of nitrogens with zero attached hydrogens (tertiary/aromatic N) is 4. The van der Waals surface area contributed by atoms with Gasteiger partial charge in [-0.1, -0.05) is 11.6 Å². The molecule has 1 N–H and O–H groups in total. The lowest BCUT2D eigenvalue weighted by Crippen LogP contribution is -2.09. The number of rotatable bonds is 5. The van der Waals surface area contributed by atoms with E-state index < -0.39 is 0 Å². The second-order valence-electron chi connectivity index (χ2n) is 6.08. The van der Waals surface area contributed by atoms with Crippen molar-refractivity contribution < 1.29 is 19.0 Å². The number of carbonyl (C=O) groups excluding carboxylic acids is 1. The van der Waals surface area contributed by atoms with Gasteiger partial charge in [-0.3, -0.25) is 4.79 Å². The minimum Gasteiger partial charge on any atom is -0.494 e. The van der Waals surface area contributed by atoms with E-state index in [0.29, 0.717) is 45.0 Å². The first-order valence-corrected chi connectivity index (χ1v) is 8.94. The molecule has 2 heterocycles. The second-order valence-corrected chi connectivity index (χ2v) is 6.49. The van der Waals surface area contributed by atoms with Crippen LogP contribution in [-0.4, -0.2) is 40.0 Å². The van der Waals surface area contributed by atoms with Crippen LogP contribution in [0, 0.1) is 6.92 Å². The molecule has 1 aromatic heterocycles. The number of aryl methyl sites for hydroxylation is 1. The zero-order valence-electron chi connectivity index (χ0n) is 15.5. The van der Waals surface area contributed by atoms with Crippen molar-refractivity contribution in [2.75, 3.05) is 19.2 Å². The molecule has 148 valence electrons. The van der Waals surface area contributed by atoms with E-state index in [1.165, 1.54) is 10.8 Å². The van der Waals surface area contributed by atoms with Crippen LogP contribution < -0.4 is 19.5 Å². The van der Waals surface area contributed by atoms with Crippen LogP contribution in [0.15, 0.2) is 36.4 Å². The smallest absolute Gasteiger partial charge is 0.248 e. The number of anilines is 1. The molecule has 2 aromatic carbocycles. The molecule has 0 spiro atoms. The zero-order chi connectivity index (χ0) is 20.4. The average Bonchev–Trinajstić information content (AvgIpc) is 3.35. The van der Waals surface area contributed by atoms with Crippen molar-refractivity contribution in [1.29, 1.82) is 0 Å². The Bertz CT molecular complexity index is 1110. The number of fused-ring (bicyclic) bond motifs is 1. The monoisotopic (exact) mass is 413 g/mol. The fourth-order valence-corrected chi connectivity index (χ4v) is 3.10. The van der Waals surface area contributed by atoms with Gasteiger partial charge in [-0.05, 0) is 59.3 Å². The van der Waals surface area contributed by atoms with Crippen LogP contribution in [0.4, 0.5) is 5.69 Å². The zero-order valence-corrected chi connectivity index (χ0v) is 16.3. The highest BCUT2D eigenvalue weighted by atomic mass is 35.5.